The van der Waals surface area contributed by atoms with Gasteiger partial charge in [-0.15, -0.1) is 0 Å². The monoisotopic (exact) mass is 394 g/mol. The smallest absolute Gasteiger partial charge is 0.268 e. The van der Waals surface area contributed by atoms with Crippen molar-refractivity contribution in [2.75, 3.05) is 0 Å². The average Bonchev–Trinajstić information content (AvgIpc) is 3.04. The molecule has 3 aromatic carbocycles. The zero-order valence-electron chi connectivity index (χ0n) is 13.7. The largest absolute Gasteiger partial charge is 0.297 e. The predicted molar refractivity (Wildman–Crippen MR) is 103 cm³/mol. The van der Waals surface area contributed by atoms with Gasteiger partial charge in [-0.25, -0.2) is 4.98 Å². The highest BCUT2D eigenvalue weighted by atomic mass is 35.5. The molecule has 2 aromatic heterocycles. The number of imidazole rings is 1. The molecule has 0 bridgehead atoms. The minimum Gasteiger partial charge on any atom is -0.268 e. The molecule has 5 rings (SSSR count). The lowest BCUT2D eigenvalue weighted by Crippen LogP contribution is -2.14. The van der Waals surface area contributed by atoms with Crippen LogP contribution in [-0.2, 0) is 0 Å². The van der Waals surface area contributed by atoms with Gasteiger partial charge in [0.1, 0.15) is 5.65 Å². The standard InChI is InChI=1S/C18H7ClN4O5/c19-9-5-13-16(14(6-9)23(27)28)21-17(20-13)11-3-1-2-8-4-10(22(25)26)7-12(15(8)11)18(21)24/h1-7H. The van der Waals surface area contributed by atoms with Crippen molar-refractivity contribution in [1.82, 2.24) is 9.38 Å². The normalized spacial score (nSPS) is 11.8. The van der Waals surface area contributed by atoms with Gasteiger partial charge in [0, 0.05) is 34.0 Å². The Bertz CT molecular complexity index is 1560. The Balaban J connectivity index is 2.15. The third kappa shape index (κ3) is 2.01. The van der Waals surface area contributed by atoms with Crippen LogP contribution in [-0.4, -0.2) is 19.2 Å². The Morgan fingerprint density at radius 2 is 1.79 bits per heavy atom. The third-order valence-electron chi connectivity index (χ3n) is 4.74. The van der Waals surface area contributed by atoms with Crippen molar-refractivity contribution in [2.45, 2.75) is 0 Å². The van der Waals surface area contributed by atoms with Crippen molar-refractivity contribution in [3.8, 4) is 0 Å². The molecule has 10 heteroatoms. The maximum Gasteiger partial charge on any atom is 0.297 e. The first-order valence-electron chi connectivity index (χ1n) is 7.99. The van der Waals surface area contributed by atoms with Gasteiger partial charge in [-0.2, -0.15) is 0 Å². The van der Waals surface area contributed by atoms with Gasteiger partial charge in [-0.1, -0.05) is 29.8 Å². The summed E-state index contributed by atoms with van der Waals surface area (Å²) in [4.78, 5) is 39.3. The van der Waals surface area contributed by atoms with Crippen LogP contribution in [0, 0.1) is 20.2 Å². The molecule has 28 heavy (non-hydrogen) atoms. The Labute approximate surface area is 159 Å². The Morgan fingerprint density at radius 3 is 2.50 bits per heavy atom. The van der Waals surface area contributed by atoms with E-state index < -0.39 is 15.4 Å². The first kappa shape index (κ1) is 16.3. The van der Waals surface area contributed by atoms with Crippen LogP contribution in [0.3, 0.4) is 0 Å². The quantitative estimate of drug-likeness (QED) is 0.329. The van der Waals surface area contributed by atoms with Gasteiger partial charge in [0.05, 0.1) is 20.7 Å². The fourth-order valence-electron chi connectivity index (χ4n) is 3.67. The Hall–Kier alpha value is -3.85. The topological polar surface area (TPSA) is 121 Å². The lowest BCUT2D eigenvalue weighted by molar-refractivity contribution is -0.384. The molecule has 0 N–H and O–H groups in total. The highest BCUT2D eigenvalue weighted by Crippen LogP contribution is 2.35. The van der Waals surface area contributed by atoms with Crippen molar-refractivity contribution in [1.29, 1.82) is 0 Å². The van der Waals surface area contributed by atoms with E-state index in [4.69, 9.17) is 11.6 Å². The fourth-order valence-corrected chi connectivity index (χ4v) is 3.87. The van der Waals surface area contributed by atoms with E-state index in [1.807, 2.05) is 0 Å². The van der Waals surface area contributed by atoms with Crippen LogP contribution in [0.15, 0.2) is 47.3 Å². The van der Waals surface area contributed by atoms with Crippen molar-refractivity contribution in [3.05, 3.63) is 78.1 Å². The van der Waals surface area contributed by atoms with Gasteiger partial charge in [0.25, 0.3) is 16.9 Å². The molecular weight excluding hydrogens is 388 g/mol. The van der Waals surface area contributed by atoms with Crippen LogP contribution in [0.5, 0.6) is 0 Å². The average molecular weight is 395 g/mol. The second-order valence-corrected chi connectivity index (χ2v) is 6.72. The van der Waals surface area contributed by atoms with Crippen molar-refractivity contribution in [2.24, 2.45) is 0 Å². The van der Waals surface area contributed by atoms with Gasteiger partial charge in [-0.3, -0.25) is 29.4 Å². The summed E-state index contributed by atoms with van der Waals surface area (Å²) in [5, 5.41) is 24.6. The maximum atomic E-state index is 13.2. The molecule has 0 unspecified atom stereocenters. The Kier molecular flexibility index (Phi) is 3.11. The number of nitrogens with zero attached hydrogens (tertiary/aromatic N) is 4. The van der Waals surface area contributed by atoms with Crippen molar-refractivity contribution >= 4 is 61.2 Å². The Morgan fingerprint density at radius 1 is 1.00 bits per heavy atom. The van der Waals surface area contributed by atoms with E-state index in [1.54, 1.807) is 18.2 Å². The maximum absolute atomic E-state index is 13.2. The minimum atomic E-state index is -0.639. The minimum absolute atomic E-state index is 0.00330. The number of aromatic nitrogens is 2. The molecule has 2 heterocycles. The molecule has 0 aliphatic carbocycles. The highest BCUT2D eigenvalue weighted by molar-refractivity contribution is 6.31. The van der Waals surface area contributed by atoms with Gasteiger partial charge in [-0.05, 0) is 11.5 Å². The summed E-state index contributed by atoms with van der Waals surface area (Å²) in [6.45, 7) is 0. The number of nitro benzene ring substituents is 2. The van der Waals surface area contributed by atoms with E-state index in [0.717, 1.165) is 10.5 Å². The number of hydrogen-bond acceptors (Lipinski definition) is 6. The lowest BCUT2D eigenvalue weighted by atomic mass is 10.0. The molecule has 0 fully saturated rings. The number of rotatable bonds is 2. The molecule has 0 saturated heterocycles. The summed E-state index contributed by atoms with van der Waals surface area (Å²) >= 11 is 5.98. The molecule has 0 amide bonds. The zero-order chi connectivity index (χ0) is 19.7. The summed E-state index contributed by atoms with van der Waals surface area (Å²) < 4.78 is 1.13. The number of non-ortho nitro benzene ring substituents is 2. The number of pyridine rings is 1. The second kappa shape index (κ2) is 5.33. The van der Waals surface area contributed by atoms with E-state index in [2.05, 4.69) is 4.98 Å². The molecule has 0 radical (unpaired) electrons. The lowest BCUT2D eigenvalue weighted by Gasteiger charge is -2.07. The molecule has 0 aliphatic rings. The van der Waals surface area contributed by atoms with Crippen LogP contribution in [0.4, 0.5) is 11.4 Å². The summed E-state index contributed by atoms with van der Waals surface area (Å²) in [5.41, 5.74) is -0.785. The number of hydrogen-bond donors (Lipinski definition) is 0. The third-order valence-corrected chi connectivity index (χ3v) is 4.96. The number of benzene rings is 3. The molecular formula is C18H7ClN4O5. The second-order valence-electron chi connectivity index (χ2n) is 6.28. The summed E-state index contributed by atoms with van der Waals surface area (Å²) in [6, 6.07) is 10.2. The van der Waals surface area contributed by atoms with E-state index in [0.29, 0.717) is 16.2 Å². The SMILES string of the molecule is O=c1c2cc([N+](=O)[O-])cc3cccc(c32)c2nc3cc(Cl)cc([N+](=O)[O-])c3n12. The summed E-state index contributed by atoms with van der Waals surface area (Å²) in [7, 11) is 0. The van der Waals surface area contributed by atoms with Crippen molar-refractivity contribution < 1.29 is 9.85 Å². The number of halogens is 1. The van der Waals surface area contributed by atoms with E-state index in [-0.39, 0.29) is 38.5 Å². The molecule has 0 saturated carbocycles. The van der Waals surface area contributed by atoms with Crippen LogP contribution in [0.25, 0.3) is 38.2 Å². The van der Waals surface area contributed by atoms with E-state index in [9.17, 15) is 25.0 Å². The molecule has 5 aromatic rings. The molecule has 136 valence electrons. The van der Waals surface area contributed by atoms with Gasteiger partial charge < -0.3 is 0 Å². The van der Waals surface area contributed by atoms with Crippen LogP contribution < -0.4 is 5.56 Å². The van der Waals surface area contributed by atoms with Gasteiger partial charge >= 0.3 is 0 Å². The van der Waals surface area contributed by atoms with Gasteiger partial charge in [0.2, 0.25) is 0 Å². The summed E-state index contributed by atoms with van der Waals surface area (Å²) in [6.07, 6.45) is 0. The highest BCUT2D eigenvalue weighted by Gasteiger charge is 2.24. The van der Waals surface area contributed by atoms with Crippen molar-refractivity contribution in [3.63, 3.8) is 0 Å². The first-order chi connectivity index (χ1) is 13.4. The van der Waals surface area contributed by atoms with Crippen LogP contribution >= 0.6 is 11.6 Å². The number of nitro groups is 2. The molecule has 0 atom stereocenters. The predicted octanol–water partition coefficient (Wildman–Crippen LogP) is 4.06. The van der Waals surface area contributed by atoms with Gasteiger partial charge in [0.15, 0.2) is 5.52 Å². The summed E-state index contributed by atoms with van der Waals surface area (Å²) in [5.74, 6) is 0. The molecule has 0 spiro atoms. The first-order valence-corrected chi connectivity index (χ1v) is 8.37. The molecule has 0 aliphatic heterocycles. The van der Waals surface area contributed by atoms with Crippen LogP contribution in [0.1, 0.15) is 0 Å². The zero-order valence-corrected chi connectivity index (χ0v) is 14.5. The van der Waals surface area contributed by atoms with Crippen LogP contribution in [0.2, 0.25) is 5.02 Å². The van der Waals surface area contributed by atoms with E-state index in [1.165, 1.54) is 18.2 Å². The fraction of sp³-hybridized carbons (Fsp3) is 0. The number of fused-ring (bicyclic) bond motifs is 4. The van der Waals surface area contributed by atoms with E-state index >= 15 is 0 Å². The molecule has 9 nitrogen and oxygen atoms in total.